The van der Waals surface area contributed by atoms with Gasteiger partial charge in [0.05, 0.1) is 5.88 Å². The lowest BCUT2D eigenvalue weighted by Gasteiger charge is -2.29. The van der Waals surface area contributed by atoms with E-state index < -0.39 is 0 Å². The largest absolute Gasteiger partial charge is 0.381 e. The zero-order chi connectivity index (χ0) is 14.1. The van der Waals surface area contributed by atoms with E-state index in [9.17, 15) is 0 Å². The summed E-state index contributed by atoms with van der Waals surface area (Å²) >= 11 is 9.52. The number of aromatic nitrogens is 3. The third-order valence-electron chi connectivity index (χ3n) is 4.04. The van der Waals surface area contributed by atoms with E-state index in [1.165, 1.54) is 0 Å². The molecule has 1 fully saturated rings. The van der Waals surface area contributed by atoms with Crippen molar-refractivity contribution in [2.45, 2.75) is 31.7 Å². The van der Waals surface area contributed by atoms with Crippen LogP contribution in [0.3, 0.4) is 0 Å². The molecule has 0 bridgehead atoms. The van der Waals surface area contributed by atoms with Crippen molar-refractivity contribution in [1.29, 1.82) is 0 Å². The molecule has 0 aliphatic carbocycles. The van der Waals surface area contributed by atoms with Crippen molar-refractivity contribution in [2.24, 2.45) is 5.92 Å². The van der Waals surface area contributed by atoms with Gasteiger partial charge in [-0.1, -0.05) is 0 Å². The zero-order valence-corrected chi connectivity index (χ0v) is 13.7. The number of fused-ring (bicyclic) bond motifs is 1. The molecule has 0 saturated carbocycles. The van der Waals surface area contributed by atoms with E-state index in [2.05, 4.69) is 37.4 Å². The van der Waals surface area contributed by atoms with Crippen molar-refractivity contribution in [3.05, 3.63) is 22.6 Å². The SMILES string of the molecule is CC(C1CCOCC1)n1c(CCl)nc2cc(Br)cnc21. The van der Waals surface area contributed by atoms with Crippen LogP contribution in [0.25, 0.3) is 11.2 Å². The van der Waals surface area contributed by atoms with E-state index in [0.717, 1.165) is 47.5 Å². The van der Waals surface area contributed by atoms with E-state index in [4.69, 9.17) is 16.3 Å². The second kappa shape index (κ2) is 6.00. The summed E-state index contributed by atoms with van der Waals surface area (Å²) in [6, 6.07) is 2.33. The quantitative estimate of drug-likeness (QED) is 0.781. The van der Waals surface area contributed by atoms with Crippen molar-refractivity contribution in [1.82, 2.24) is 14.5 Å². The van der Waals surface area contributed by atoms with Crippen LogP contribution in [0.5, 0.6) is 0 Å². The van der Waals surface area contributed by atoms with Gasteiger partial charge in [0.15, 0.2) is 5.65 Å². The fourth-order valence-electron chi connectivity index (χ4n) is 2.94. The molecule has 1 aliphatic rings. The molecule has 0 spiro atoms. The van der Waals surface area contributed by atoms with E-state index in [0.29, 0.717) is 17.8 Å². The fraction of sp³-hybridized carbons (Fsp3) is 0.571. The Kier molecular flexibility index (Phi) is 4.29. The molecule has 3 rings (SSSR count). The van der Waals surface area contributed by atoms with E-state index in [-0.39, 0.29) is 0 Å². The molecular formula is C14H17BrClN3O. The Morgan fingerprint density at radius 3 is 2.95 bits per heavy atom. The summed E-state index contributed by atoms with van der Waals surface area (Å²) in [6.45, 7) is 3.92. The number of rotatable bonds is 3. The summed E-state index contributed by atoms with van der Waals surface area (Å²) in [5.41, 5.74) is 1.82. The van der Waals surface area contributed by atoms with Gasteiger partial charge in [0.25, 0.3) is 0 Å². The monoisotopic (exact) mass is 357 g/mol. The summed E-state index contributed by atoms with van der Waals surface area (Å²) in [6.07, 6.45) is 3.98. The highest BCUT2D eigenvalue weighted by Gasteiger charge is 2.25. The molecule has 0 radical (unpaired) electrons. The number of imidazole rings is 1. The summed E-state index contributed by atoms with van der Waals surface area (Å²) in [5.74, 6) is 1.89. The number of hydrogen-bond acceptors (Lipinski definition) is 3. The molecule has 0 N–H and O–H groups in total. The lowest BCUT2D eigenvalue weighted by molar-refractivity contribution is 0.0515. The highest BCUT2D eigenvalue weighted by Crippen LogP contribution is 2.32. The summed E-state index contributed by atoms with van der Waals surface area (Å²) in [4.78, 5) is 9.14. The summed E-state index contributed by atoms with van der Waals surface area (Å²) < 4.78 is 8.59. The number of ether oxygens (including phenoxy) is 1. The Hall–Kier alpha value is -0.650. The first-order valence-corrected chi connectivity index (χ1v) is 8.19. The van der Waals surface area contributed by atoms with Crippen molar-refractivity contribution in [3.63, 3.8) is 0 Å². The minimum Gasteiger partial charge on any atom is -0.381 e. The first kappa shape index (κ1) is 14.3. The standard InChI is InChI=1S/C14H17BrClN3O/c1-9(10-2-4-20-5-3-10)19-13(7-16)18-12-6-11(15)8-17-14(12)19/h6,8-10H,2-5,7H2,1H3. The molecule has 1 unspecified atom stereocenters. The van der Waals surface area contributed by atoms with Crippen LogP contribution in [0.4, 0.5) is 0 Å². The normalized spacial score (nSPS) is 18.6. The number of pyridine rings is 1. The maximum atomic E-state index is 6.08. The predicted molar refractivity (Wildman–Crippen MR) is 83.0 cm³/mol. The Balaban J connectivity index is 2.04. The van der Waals surface area contributed by atoms with E-state index >= 15 is 0 Å². The number of halogens is 2. The molecule has 6 heteroatoms. The van der Waals surface area contributed by atoms with Crippen LogP contribution in [-0.4, -0.2) is 27.7 Å². The molecule has 1 atom stereocenters. The highest BCUT2D eigenvalue weighted by atomic mass is 79.9. The summed E-state index contributed by atoms with van der Waals surface area (Å²) in [7, 11) is 0. The molecule has 1 aliphatic heterocycles. The van der Waals surface area contributed by atoms with Gasteiger partial charge in [-0.05, 0) is 47.7 Å². The maximum Gasteiger partial charge on any atom is 0.160 e. The van der Waals surface area contributed by atoms with E-state index in [1.807, 2.05) is 12.3 Å². The minimum absolute atomic E-state index is 0.339. The van der Waals surface area contributed by atoms with Crippen molar-refractivity contribution >= 4 is 38.7 Å². The Labute approximate surface area is 131 Å². The molecule has 2 aromatic heterocycles. The first-order chi connectivity index (χ1) is 9.70. The van der Waals surface area contributed by atoms with Crippen molar-refractivity contribution < 1.29 is 4.74 Å². The van der Waals surface area contributed by atoms with Gasteiger partial charge in [0.1, 0.15) is 11.3 Å². The van der Waals surface area contributed by atoms with Gasteiger partial charge in [-0.15, -0.1) is 11.6 Å². The predicted octanol–water partition coefficient (Wildman–Crippen LogP) is 3.92. The Morgan fingerprint density at radius 1 is 1.50 bits per heavy atom. The average Bonchev–Trinajstić information content (AvgIpc) is 2.84. The van der Waals surface area contributed by atoms with Crippen LogP contribution in [-0.2, 0) is 10.6 Å². The fourth-order valence-corrected chi connectivity index (χ4v) is 3.44. The molecule has 4 nitrogen and oxygen atoms in total. The van der Waals surface area contributed by atoms with Gasteiger partial charge in [0.2, 0.25) is 0 Å². The molecule has 20 heavy (non-hydrogen) atoms. The van der Waals surface area contributed by atoms with Gasteiger partial charge >= 0.3 is 0 Å². The number of hydrogen-bond donors (Lipinski definition) is 0. The third kappa shape index (κ3) is 2.59. The Bertz CT molecular complexity index is 610. The van der Waals surface area contributed by atoms with Gasteiger partial charge < -0.3 is 9.30 Å². The molecular weight excluding hydrogens is 342 g/mol. The molecule has 108 valence electrons. The minimum atomic E-state index is 0.339. The smallest absolute Gasteiger partial charge is 0.160 e. The second-order valence-corrected chi connectivity index (χ2v) is 6.40. The number of nitrogens with zero attached hydrogens (tertiary/aromatic N) is 3. The zero-order valence-electron chi connectivity index (χ0n) is 11.4. The van der Waals surface area contributed by atoms with Gasteiger partial charge in [-0.25, -0.2) is 9.97 Å². The topological polar surface area (TPSA) is 39.9 Å². The molecule has 2 aromatic rings. The van der Waals surface area contributed by atoms with Crippen LogP contribution in [0.2, 0.25) is 0 Å². The van der Waals surface area contributed by atoms with Gasteiger partial charge in [-0.3, -0.25) is 0 Å². The average molecular weight is 359 g/mol. The number of alkyl halides is 1. The van der Waals surface area contributed by atoms with Crippen molar-refractivity contribution in [3.8, 4) is 0 Å². The maximum absolute atomic E-state index is 6.08. The molecule has 0 amide bonds. The lowest BCUT2D eigenvalue weighted by Crippen LogP contribution is -2.25. The third-order valence-corrected chi connectivity index (χ3v) is 4.72. The molecule has 0 aromatic carbocycles. The lowest BCUT2D eigenvalue weighted by atomic mass is 9.92. The van der Waals surface area contributed by atoms with Crippen LogP contribution in [0.15, 0.2) is 16.7 Å². The second-order valence-electron chi connectivity index (χ2n) is 5.22. The van der Waals surface area contributed by atoms with E-state index in [1.54, 1.807) is 0 Å². The summed E-state index contributed by atoms with van der Waals surface area (Å²) in [5, 5.41) is 0. The highest BCUT2D eigenvalue weighted by molar-refractivity contribution is 9.10. The van der Waals surface area contributed by atoms with Gasteiger partial charge in [-0.2, -0.15) is 0 Å². The van der Waals surface area contributed by atoms with Crippen molar-refractivity contribution in [2.75, 3.05) is 13.2 Å². The van der Waals surface area contributed by atoms with Crippen LogP contribution >= 0.6 is 27.5 Å². The van der Waals surface area contributed by atoms with Gasteiger partial charge in [0, 0.05) is 29.9 Å². The molecule has 1 saturated heterocycles. The van der Waals surface area contributed by atoms with Crippen LogP contribution < -0.4 is 0 Å². The first-order valence-electron chi connectivity index (χ1n) is 6.86. The van der Waals surface area contributed by atoms with Crippen LogP contribution in [0, 0.1) is 5.92 Å². The molecule has 3 heterocycles. The van der Waals surface area contributed by atoms with Crippen LogP contribution in [0.1, 0.15) is 31.6 Å². The Morgan fingerprint density at radius 2 is 2.25 bits per heavy atom.